The normalized spacial score (nSPS) is 12.6. The summed E-state index contributed by atoms with van der Waals surface area (Å²) in [6, 6.07) is 0. The molecule has 1 amide bonds. The average Bonchev–Trinajstić information content (AvgIpc) is 2.71. The Kier molecular flexibility index (Phi) is 3.87. The van der Waals surface area contributed by atoms with E-state index in [0.29, 0.717) is 6.54 Å². The standard InChI is InChI=1S/C8H9F5N4O/c1-2-17-4-15-16-5(17)3-14-6(18)7(9,10)8(11,12)13/h4H,2-3H2,1H3,(H,14,18). The van der Waals surface area contributed by atoms with Crippen LogP contribution in [0.4, 0.5) is 22.0 Å². The molecular formula is C8H9F5N4O. The zero-order chi connectivity index (χ0) is 14.0. The molecule has 0 spiro atoms. The van der Waals surface area contributed by atoms with Crippen LogP contribution >= 0.6 is 0 Å². The van der Waals surface area contributed by atoms with E-state index >= 15 is 0 Å². The zero-order valence-corrected chi connectivity index (χ0v) is 9.13. The van der Waals surface area contributed by atoms with Crippen molar-refractivity contribution in [1.82, 2.24) is 20.1 Å². The maximum atomic E-state index is 12.6. The van der Waals surface area contributed by atoms with Crippen LogP contribution in [0.3, 0.4) is 0 Å². The number of hydrogen-bond acceptors (Lipinski definition) is 3. The SMILES string of the molecule is CCn1cnnc1CNC(=O)C(F)(F)C(F)(F)F. The molecule has 0 fully saturated rings. The molecule has 1 rings (SSSR count). The summed E-state index contributed by atoms with van der Waals surface area (Å²) in [5.74, 6) is -7.76. The quantitative estimate of drug-likeness (QED) is 0.835. The van der Waals surface area contributed by atoms with Crippen molar-refractivity contribution < 1.29 is 26.7 Å². The minimum Gasteiger partial charge on any atom is -0.343 e. The number of aryl methyl sites for hydroxylation is 1. The average molecular weight is 272 g/mol. The molecule has 1 aromatic rings. The number of alkyl halides is 5. The highest BCUT2D eigenvalue weighted by Crippen LogP contribution is 2.35. The predicted octanol–water partition coefficient (Wildman–Crippen LogP) is 1.11. The predicted molar refractivity (Wildman–Crippen MR) is 48.5 cm³/mol. The fourth-order valence-electron chi connectivity index (χ4n) is 1.08. The van der Waals surface area contributed by atoms with E-state index in [2.05, 4.69) is 10.2 Å². The lowest BCUT2D eigenvalue weighted by Crippen LogP contribution is -2.50. The smallest absolute Gasteiger partial charge is 0.343 e. The van der Waals surface area contributed by atoms with Crippen molar-refractivity contribution in [3.8, 4) is 0 Å². The third-order valence-corrected chi connectivity index (χ3v) is 2.08. The fraction of sp³-hybridized carbons (Fsp3) is 0.625. The first-order chi connectivity index (χ1) is 8.20. The number of amides is 1. The second kappa shape index (κ2) is 4.86. The van der Waals surface area contributed by atoms with Gasteiger partial charge in [-0.3, -0.25) is 4.79 Å². The van der Waals surface area contributed by atoms with Gasteiger partial charge < -0.3 is 9.88 Å². The number of hydrogen-bond donors (Lipinski definition) is 1. The van der Waals surface area contributed by atoms with Crippen LogP contribution in [-0.4, -0.2) is 32.8 Å². The van der Waals surface area contributed by atoms with Crippen molar-refractivity contribution in [3.05, 3.63) is 12.2 Å². The van der Waals surface area contributed by atoms with Crippen LogP contribution in [0.25, 0.3) is 0 Å². The number of aromatic nitrogens is 3. The van der Waals surface area contributed by atoms with E-state index < -0.39 is 24.6 Å². The van der Waals surface area contributed by atoms with E-state index in [0.717, 1.165) is 0 Å². The van der Waals surface area contributed by atoms with E-state index in [1.807, 2.05) is 0 Å². The topological polar surface area (TPSA) is 59.8 Å². The minimum absolute atomic E-state index is 0.0869. The van der Waals surface area contributed by atoms with E-state index in [1.54, 1.807) is 6.92 Å². The number of rotatable bonds is 4. The first-order valence-electron chi connectivity index (χ1n) is 4.79. The molecule has 0 saturated heterocycles. The largest absolute Gasteiger partial charge is 0.463 e. The van der Waals surface area contributed by atoms with Crippen LogP contribution in [0, 0.1) is 0 Å². The Morgan fingerprint density at radius 2 is 2.00 bits per heavy atom. The molecule has 0 saturated carbocycles. The van der Waals surface area contributed by atoms with Gasteiger partial charge in [-0.05, 0) is 6.92 Å². The summed E-state index contributed by atoms with van der Waals surface area (Å²) < 4.78 is 62.1. The summed E-state index contributed by atoms with van der Waals surface area (Å²) in [5.41, 5.74) is 0. The third-order valence-electron chi connectivity index (χ3n) is 2.08. The minimum atomic E-state index is -5.92. The van der Waals surface area contributed by atoms with Gasteiger partial charge in [-0.2, -0.15) is 22.0 Å². The van der Waals surface area contributed by atoms with Crippen molar-refractivity contribution >= 4 is 5.91 Å². The van der Waals surface area contributed by atoms with Gasteiger partial charge in [-0.25, -0.2) is 0 Å². The molecule has 0 aliphatic rings. The molecule has 0 aromatic carbocycles. The number of halogens is 5. The van der Waals surface area contributed by atoms with Crippen molar-refractivity contribution in [2.24, 2.45) is 0 Å². The summed E-state index contributed by atoms with van der Waals surface area (Å²) in [5, 5.41) is 8.38. The van der Waals surface area contributed by atoms with Crippen LogP contribution in [-0.2, 0) is 17.9 Å². The molecule has 1 heterocycles. The summed E-state index contributed by atoms with van der Waals surface area (Å²) >= 11 is 0. The number of nitrogens with zero attached hydrogens (tertiary/aromatic N) is 3. The van der Waals surface area contributed by atoms with Gasteiger partial charge in [0.15, 0.2) is 5.82 Å². The molecular weight excluding hydrogens is 263 g/mol. The van der Waals surface area contributed by atoms with Crippen molar-refractivity contribution in [2.75, 3.05) is 0 Å². The van der Waals surface area contributed by atoms with Crippen LogP contribution in [0.5, 0.6) is 0 Å². The zero-order valence-electron chi connectivity index (χ0n) is 9.13. The van der Waals surface area contributed by atoms with Crippen LogP contribution in [0.15, 0.2) is 6.33 Å². The Morgan fingerprint density at radius 3 is 2.50 bits per heavy atom. The molecule has 102 valence electrons. The summed E-state index contributed by atoms with van der Waals surface area (Å²) in [6.45, 7) is 1.53. The Hall–Kier alpha value is -1.74. The molecule has 0 atom stereocenters. The van der Waals surface area contributed by atoms with Gasteiger partial charge in [0.25, 0.3) is 0 Å². The van der Waals surface area contributed by atoms with Gasteiger partial charge >= 0.3 is 18.0 Å². The lowest BCUT2D eigenvalue weighted by molar-refractivity contribution is -0.269. The maximum Gasteiger partial charge on any atom is 0.463 e. The monoisotopic (exact) mass is 272 g/mol. The lowest BCUT2D eigenvalue weighted by atomic mass is 10.3. The highest BCUT2D eigenvalue weighted by atomic mass is 19.4. The molecule has 5 nitrogen and oxygen atoms in total. The van der Waals surface area contributed by atoms with Crippen LogP contribution in [0.2, 0.25) is 0 Å². The molecule has 18 heavy (non-hydrogen) atoms. The van der Waals surface area contributed by atoms with Crippen molar-refractivity contribution in [2.45, 2.75) is 32.1 Å². The van der Waals surface area contributed by atoms with Crippen LogP contribution in [0.1, 0.15) is 12.7 Å². The van der Waals surface area contributed by atoms with E-state index in [-0.39, 0.29) is 5.82 Å². The van der Waals surface area contributed by atoms with Gasteiger partial charge in [-0.1, -0.05) is 0 Å². The molecule has 0 aliphatic carbocycles. The second-order valence-corrected chi connectivity index (χ2v) is 3.29. The number of carbonyl (C=O) groups is 1. The molecule has 1 aromatic heterocycles. The van der Waals surface area contributed by atoms with E-state index in [9.17, 15) is 26.7 Å². The fourth-order valence-corrected chi connectivity index (χ4v) is 1.08. The maximum absolute atomic E-state index is 12.6. The summed E-state index contributed by atoms with van der Waals surface area (Å²) in [4.78, 5) is 10.8. The van der Waals surface area contributed by atoms with E-state index in [4.69, 9.17) is 0 Å². The number of nitrogens with one attached hydrogen (secondary N) is 1. The Balaban J connectivity index is 2.67. The highest BCUT2D eigenvalue weighted by molar-refractivity contribution is 5.84. The Labute approximate surface area is 98.0 Å². The molecule has 0 bridgehead atoms. The summed E-state index contributed by atoms with van der Waals surface area (Å²) in [7, 11) is 0. The van der Waals surface area contributed by atoms with Crippen LogP contribution < -0.4 is 5.32 Å². The molecule has 1 N–H and O–H groups in total. The third kappa shape index (κ3) is 2.74. The van der Waals surface area contributed by atoms with Crippen molar-refractivity contribution in [1.29, 1.82) is 0 Å². The second-order valence-electron chi connectivity index (χ2n) is 3.29. The van der Waals surface area contributed by atoms with Gasteiger partial charge in [0, 0.05) is 6.54 Å². The first kappa shape index (κ1) is 14.3. The summed E-state index contributed by atoms with van der Waals surface area (Å²) in [6.07, 6.45) is -4.65. The molecule has 0 unspecified atom stereocenters. The van der Waals surface area contributed by atoms with Crippen molar-refractivity contribution in [3.63, 3.8) is 0 Å². The Bertz CT molecular complexity index is 427. The number of carbonyl (C=O) groups excluding carboxylic acids is 1. The molecule has 10 heteroatoms. The van der Waals surface area contributed by atoms with Gasteiger partial charge in [0.1, 0.15) is 6.33 Å². The lowest BCUT2D eigenvalue weighted by Gasteiger charge is -2.18. The van der Waals surface area contributed by atoms with Gasteiger partial charge in [0.05, 0.1) is 6.54 Å². The van der Waals surface area contributed by atoms with E-state index in [1.165, 1.54) is 16.2 Å². The first-order valence-corrected chi connectivity index (χ1v) is 4.79. The highest BCUT2D eigenvalue weighted by Gasteiger charge is 2.63. The van der Waals surface area contributed by atoms with Gasteiger partial charge in [-0.15, -0.1) is 10.2 Å². The van der Waals surface area contributed by atoms with Gasteiger partial charge in [0.2, 0.25) is 0 Å². The Morgan fingerprint density at radius 1 is 1.39 bits per heavy atom. The molecule has 0 aliphatic heterocycles. The molecule has 0 radical (unpaired) electrons.